The van der Waals surface area contributed by atoms with Crippen LogP contribution in [0.25, 0.3) is 0 Å². The molecule has 1 rings (SSSR count). The van der Waals surface area contributed by atoms with Crippen LogP contribution in [0.4, 0.5) is 0 Å². The van der Waals surface area contributed by atoms with E-state index in [4.69, 9.17) is 5.11 Å². The van der Waals surface area contributed by atoms with Crippen molar-refractivity contribution in [2.75, 3.05) is 0 Å². The number of halogens is 1. The molecule has 1 aromatic rings. The normalized spacial score (nSPS) is 11.5. The average molecular weight is 273 g/mol. The molecule has 0 saturated heterocycles. The first kappa shape index (κ1) is 12.1. The van der Waals surface area contributed by atoms with Gasteiger partial charge in [-0.25, -0.2) is 9.97 Å². The highest BCUT2D eigenvalue weighted by Crippen LogP contribution is 2.21. The predicted molar refractivity (Wildman–Crippen MR) is 59.8 cm³/mol. The van der Waals surface area contributed by atoms with Gasteiger partial charge in [-0.15, -0.1) is 0 Å². The minimum atomic E-state index is -0.894. The Morgan fingerprint density at radius 2 is 2.13 bits per heavy atom. The molecule has 0 unspecified atom stereocenters. The highest BCUT2D eigenvalue weighted by atomic mass is 79.9. The van der Waals surface area contributed by atoms with Gasteiger partial charge in [-0.05, 0) is 15.9 Å². The van der Waals surface area contributed by atoms with Gasteiger partial charge < -0.3 is 5.11 Å². The molecule has 1 aromatic heterocycles. The largest absolute Gasteiger partial charge is 0.481 e. The van der Waals surface area contributed by atoms with Gasteiger partial charge in [-0.3, -0.25) is 4.79 Å². The first-order valence-electron chi connectivity index (χ1n) is 4.54. The Balaban J connectivity index is 3.11. The van der Waals surface area contributed by atoms with Crippen molar-refractivity contribution in [1.82, 2.24) is 9.97 Å². The third-order valence-corrected chi connectivity index (χ3v) is 2.47. The summed E-state index contributed by atoms with van der Waals surface area (Å²) in [4.78, 5) is 19.0. The fourth-order valence-electron chi connectivity index (χ4n) is 1.03. The van der Waals surface area contributed by atoms with Crippen molar-refractivity contribution < 1.29 is 9.90 Å². The zero-order valence-corrected chi connectivity index (χ0v) is 10.5. The van der Waals surface area contributed by atoms with Gasteiger partial charge in [0.25, 0.3) is 0 Å². The number of carbonyl (C=O) groups is 1. The molecule has 0 aliphatic heterocycles. The van der Waals surface area contributed by atoms with Crippen LogP contribution in [-0.2, 0) is 16.6 Å². The van der Waals surface area contributed by atoms with E-state index in [1.165, 1.54) is 0 Å². The second kappa shape index (κ2) is 4.26. The van der Waals surface area contributed by atoms with Crippen molar-refractivity contribution in [2.45, 2.75) is 32.6 Å². The maximum absolute atomic E-state index is 10.6. The van der Waals surface area contributed by atoms with E-state index in [0.717, 1.165) is 0 Å². The van der Waals surface area contributed by atoms with Crippen molar-refractivity contribution in [3.63, 3.8) is 0 Å². The Kier molecular flexibility index (Phi) is 3.44. The van der Waals surface area contributed by atoms with Crippen molar-refractivity contribution in [2.24, 2.45) is 0 Å². The molecule has 0 aliphatic carbocycles. The van der Waals surface area contributed by atoms with Crippen LogP contribution in [0.5, 0.6) is 0 Å². The molecule has 0 aromatic carbocycles. The average Bonchev–Trinajstić information content (AvgIpc) is 2.06. The smallest absolute Gasteiger partial charge is 0.309 e. The molecule has 15 heavy (non-hydrogen) atoms. The summed E-state index contributed by atoms with van der Waals surface area (Å²) in [7, 11) is 0. The summed E-state index contributed by atoms with van der Waals surface area (Å²) in [6.07, 6.45) is 1.51. The summed E-state index contributed by atoms with van der Waals surface area (Å²) >= 11 is 3.24. The molecule has 4 nitrogen and oxygen atoms in total. The van der Waals surface area contributed by atoms with Gasteiger partial charge in [0.05, 0.1) is 16.6 Å². The predicted octanol–water partition coefficient (Wildman–Crippen LogP) is 2.16. The lowest BCUT2D eigenvalue weighted by atomic mass is 9.95. The standard InChI is InChI=1S/C10H13BrN2O2/c1-10(2,3)9-12-5-6(11)7(13-9)4-8(14)15/h5H,4H2,1-3H3,(H,14,15). The summed E-state index contributed by atoms with van der Waals surface area (Å²) in [6.45, 7) is 5.96. The zero-order valence-electron chi connectivity index (χ0n) is 8.91. The van der Waals surface area contributed by atoms with E-state index in [-0.39, 0.29) is 11.8 Å². The van der Waals surface area contributed by atoms with Gasteiger partial charge in [0, 0.05) is 11.6 Å². The highest BCUT2D eigenvalue weighted by molar-refractivity contribution is 9.10. The summed E-state index contributed by atoms with van der Waals surface area (Å²) in [5.74, 6) is -0.240. The molecule has 0 bridgehead atoms. The van der Waals surface area contributed by atoms with Crippen LogP contribution in [0, 0.1) is 0 Å². The van der Waals surface area contributed by atoms with Crippen LogP contribution in [0.3, 0.4) is 0 Å². The van der Waals surface area contributed by atoms with Gasteiger partial charge >= 0.3 is 5.97 Å². The maximum Gasteiger partial charge on any atom is 0.309 e. The van der Waals surface area contributed by atoms with Gasteiger partial charge in [0.1, 0.15) is 5.82 Å². The Labute approximate surface area is 96.9 Å². The van der Waals surface area contributed by atoms with Crippen molar-refractivity contribution in [1.29, 1.82) is 0 Å². The van der Waals surface area contributed by atoms with Crippen molar-refractivity contribution >= 4 is 21.9 Å². The van der Waals surface area contributed by atoms with E-state index in [1.54, 1.807) is 6.20 Å². The minimum absolute atomic E-state index is 0.0911. The highest BCUT2D eigenvalue weighted by Gasteiger charge is 2.19. The second-order valence-corrected chi connectivity index (χ2v) is 5.16. The summed E-state index contributed by atoms with van der Waals surface area (Å²) < 4.78 is 0.637. The molecule has 0 atom stereocenters. The number of aromatic nitrogens is 2. The van der Waals surface area contributed by atoms with Crippen LogP contribution in [0.15, 0.2) is 10.7 Å². The lowest BCUT2D eigenvalue weighted by Crippen LogP contribution is -2.18. The van der Waals surface area contributed by atoms with Gasteiger partial charge in [-0.1, -0.05) is 20.8 Å². The second-order valence-electron chi connectivity index (χ2n) is 4.31. The molecule has 0 spiro atoms. The fraction of sp³-hybridized carbons (Fsp3) is 0.500. The molecule has 0 aliphatic rings. The van der Waals surface area contributed by atoms with Crippen LogP contribution in [0.2, 0.25) is 0 Å². The summed E-state index contributed by atoms with van der Waals surface area (Å²) in [5.41, 5.74) is 0.343. The molecule has 5 heteroatoms. The van der Waals surface area contributed by atoms with Gasteiger partial charge in [0.2, 0.25) is 0 Å². The first-order chi connectivity index (χ1) is 6.80. The molecule has 0 fully saturated rings. The Hall–Kier alpha value is -0.970. The molecule has 0 radical (unpaired) electrons. The van der Waals surface area contributed by atoms with Crippen molar-refractivity contribution in [3.05, 3.63) is 22.2 Å². The third-order valence-electron chi connectivity index (χ3n) is 1.81. The quantitative estimate of drug-likeness (QED) is 0.896. The lowest BCUT2D eigenvalue weighted by Gasteiger charge is -2.17. The van der Waals surface area contributed by atoms with E-state index < -0.39 is 5.97 Å². The Morgan fingerprint density at radius 3 is 2.60 bits per heavy atom. The third kappa shape index (κ3) is 3.27. The first-order valence-corrected chi connectivity index (χ1v) is 5.33. The van der Waals surface area contributed by atoms with E-state index in [9.17, 15) is 4.79 Å². The number of nitrogens with zero attached hydrogens (tertiary/aromatic N) is 2. The summed E-state index contributed by atoms with van der Waals surface area (Å²) in [5, 5.41) is 8.70. The monoisotopic (exact) mass is 272 g/mol. The topological polar surface area (TPSA) is 63.1 Å². The number of carboxylic acids is 1. The van der Waals surface area contributed by atoms with Gasteiger partial charge in [-0.2, -0.15) is 0 Å². The molecule has 0 saturated carbocycles. The molecule has 1 heterocycles. The molecule has 0 amide bonds. The number of hydrogen-bond acceptors (Lipinski definition) is 3. The van der Waals surface area contributed by atoms with E-state index in [2.05, 4.69) is 25.9 Å². The maximum atomic E-state index is 10.6. The lowest BCUT2D eigenvalue weighted by molar-refractivity contribution is -0.136. The van der Waals surface area contributed by atoms with Gasteiger partial charge in [0.15, 0.2) is 0 Å². The Morgan fingerprint density at radius 1 is 1.53 bits per heavy atom. The number of carboxylic acid groups (broad SMARTS) is 1. The number of aliphatic carboxylic acids is 1. The van der Waals surface area contributed by atoms with Crippen LogP contribution in [-0.4, -0.2) is 21.0 Å². The fourth-order valence-corrected chi connectivity index (χ4v) is 1.36. The SMILES string of the molecule is CC(C)(C)c1ncc(Br)c(CC(=O)O)n1. The van der Waals surface area contributed by atoms with E-state index >= 15 is 0 Å². The Bertz CT molecular complexity index is 385. The molecular weight excluding hydrogens is 260 g/mol. The summed E-state index contributed by atoms with van der Waals surface area (Å²) in [6, 6.07) is 0. The molecular formula is C10H13BrN2O2. The minimum Gasteiger partial charge on any atom is -0.481 e. The van der Waals surface area contributed by atoms with E-state index in [1.807, 2.05) is 20.8 Å². The van der Waals surface area contributed by atoms with Crippen LogP contribution >= 0.6 is 15.9 Å². The van der Waals surface area contributed by atoms with Crippen molar-refractivity contribution in [3.8, 4) is 0 Å². The molecule has 1 N–H and O–H groups in total. The van der Waals surface area contributed by atoms with Crippen LogP contribution < -0.4 is 0 Å². The van der Waals surface area contributed by atoms with E-state index in [0.29, 0.717) is 16.0 Å². The number of hydrogen-bond donors (Lipinski definition) is 1. The number of rotatable bonds is 2. The zero-order chi connectivity index (χ0) is 11.6. The van der Waals surface area contributed by atoms with Crippen LogP contribution in [0.1, 0.15) is 32.3 Å². The molecule has 82 valence electrons.